The first kappa shape index (κ1) is 10.2. The third kappa shape index (κ3) is 1.74. The number of fused-ring (bicyclic) bond motifs is 1. The highest BCUT2D eigenvalue weighted by Gasteiger charge is 2.26. The number of hydrogen-bond donors (Lipinski definition) is 0. The predicted octanol–water partition coefficient (Wildman–Crippen LogP) is 1.37. The van der Waals surface area contributed by atoms with Crippen molar-refractivity contribution in [3.05, 3.63) is 22.7 Å². The van der Waals surface area contributed by atoms with Gasteiger partial charge in [0.15, 0.2) is 12.4 Å². The van der Waals surface area contributed by atoms with Gasteiger partial charge in [-0.15, -0.1) is 0 Å². The number of para-hydroxylation sites is 1. The Morgan fingerprint density at radius 3 is 3.07 bits per heavy atom. The van der Waals surface area contributed by atoms with Crippen molar-refractivity contribution in [2.24, 2.45) is 0 Å². The number of carbonyl (C=O) groups excluding carboxylic acids is 2. The molecule has 1 aliphatic heterocycles. The van der Waals surface area contributed by atoms with Crippen molar-refractivity contribution in [3.8, 4) is 5.75 Å². The zero-order chi connectivity index (χ0) is 10.8. The number of benzene rings is 1. The number of amides is 1. The molecule has 1 aromatic rings. The van der Waals surface area contributed by atoms with E-state index in [2.05, 4.69) is 15.9 Å². The van der Waals surface area contributed by atoms with Gasteiger partial charge in [0.05, 0.1) is 16.7 Å². The molecule has 4 nitrogen and oxygen atoms in total. The van der Waals surface area contributed by atoms with Gasteiger partial charge >= 0.3 is 0 Å². The predicted molar refractivity (Wildman–Crippen MR) is 58.1 cm³/mol. The van der Waals surface area contributed by atoms with Crippen molar-refractivity contribution >= 4 is 33.8 Å². The molecule has 1 aliphatic rings. The Bertz CT molecular complexity index is 419. The van der Waals surface area contributed by atoms with Crippen LogP contribution in [0.25, 0.3) is 0 Å². The zero-order valence-corrected chi connectivity index (χ0v) is 9.36. The third-order valence-corrected chi connectivity index (χ3v) is 2.76. The first-order chi connectivity index (χ1) is 7.24. The van der Waals surface area contributed by atoms with Crippen LogP contribution < -0.4 is 9.64 Å². The molecule has 0 N–H and O–H groups in total. The largest absolute Gasteiger partial charge is 0.480 e. The summed E-state index contributed by atoms with van der Waals surface area (Å²) in [7, 11) is 0. The summed E-state index contributed by atoms with van der Waals surface area (Å²) in [4.78, 5) is 23.4. The molecule has 1 heterocycles. The van der Waals surface area contributed by atoms with Crippen molar-refractivity contribution < 1.29 is 14.3 Å². The summed E-state index contributed by atoms with van der Waals surface area (Å²) in [6, 6.07) is 5.37. The van der Waals surface area contributed by atoms with E-state index in [-0.39, 0.29) is 19.1 Å². The van der Waals surface area contributed by atoms with Gasteiger partial charge in [0.25, 0.3) is 5.91 Å². The molecule has 78 valence electrons. The standard InChI is InChI=1S/C10H8BrNO3/c11-7-2-1-3-8-10(7)15-6-9(14)12(8)4-5-13/h1-3,5H,4,6H2. The van der Waals surface area contributed by atoms with E-state index < -0.39 is 0 Å². The molecular weight excluding hydrogens is 262 g/mol. The summed E-state index contributed by atoms with van der Waals surface area (Å²) in [5.74, 6) is 0.409. The van der Waals surface area contributed by atoms with Crippen LogP contribution in [0.2, 0.25) is 0 Å². The third-order valence-electron chi connectivity index (χ3n) is 2.14. The Labute approximate surface area is 94.9 Å². The fourth-order valence-electron chi connectivity index (χ4n) is 1.47. The summed E-state index contributed by atoms with van der Waals surface area (Å²) in [5.41, 5.74) is 0.632. The molecule has 0 saturated heterocycles. The number of anilines is 1. The summed E-state index contributed by atoms with van der Waals surface area (Å²) in [6.07, 6.45) is 0.702. The van der Waals surface area contributed by atoms with Gasteiger partial charge in [0.2, 0.25) is 0 Å². The van der Waals surface area contributed by atoms with Crippen LogP contribution in [-0.4, -0.2) is 25.3 Å². The normalized spacial score (nSPS) is 14.5. The minimum absolute atomic E-state index is 0.0244. The summed E-state index contributed by atoms with van der Waals surface area (Å²) in [5, 5.41) is 0. The number of rotatable bonds is 2. The van der Waals surface area contributed by atoms with Crippen LogP contribution in [-0.2, 0) is 9.59 Å². The second kappa shape index (κ2) is 4.02. The summed E-state index contributed by atoms with van der Waals surface area (Å²) in [6.45, 7) is 0.0368. The van der Waals surface area contributed by atoms with Crippen LogP contribution in [0.3, 0.4) is 0 Å². The molecule has 0 aliphatic carbocycles. The average Bonchev–Trinajstić information content (AvgIpc) is 2.23. The topological polar surface area (TPSA) is 46.6 Å². The molecule has 0 bridgehead atoms. The van der Waals surface area contributed by atoms with E-state index >= 15 is 0 Å². The van der Waals surface area contributed by atoms with Gasteiger partial charge in [-0.05, 0) is 28.1 Å². The first-order valence-corrected chi connectivity index (χ1v) is 5.18. The first-order valence-electron chi connectivity index (χ1n) is 4.39. The Morgan fingerprint density at radius 2 is 2.33 bits per heavy atom. The molecule has 5 heteroatoms. The molecule has 1 amide bonds. The second-order valence-electron chi connectivity index (χ2n) is 3.05. The van der Waals surface area contributed by atoms with Crippen LogP contribution >= 0.6 is 15.9 Å². The number of halogens is 1. The molecule has 0 fully saturated rings. The van der Waals surface area contributed by atoms with Gasteiger partial charge in [-0.1, -0.05) is 6.07 Å². The molecule has 0 aromatic heterocycles. The minimum Gasteiger partial charge on any atom is -0.480 e. The van der Waals surface area contributed by atoms with E-state index in [9.17, 15) is 9.59 Å². The number of nitrogens with zero attached hydrogens (tertiary/aromatic N) is 1. The number of hydrogen-bond acceptors (Lipinski definition) is 3. The van der Waals surface area contributed by atoms with E-state index in [0.29, 0.717) is 17.7 Å². The second-order valence-corrected chi connectivity index (χ2v) is 3.90. The van der Waals surface area contributed by atoms with Gasteiger partial charge < -0.3 is 9.53 Å². The fraction of sp³-hybridized carbons (Fsp3) is 0.200. The van der Waals surface area contributed by atoms with Crippen molar-refractivity contribution in [2.75, 3.05) is 18.1 Å². The molecule has 2 rings (SSSR count). The van der Waals surface area contributed by atoms with Crippen LogP contribution in [0.15, 0.2) is 22.7 Å². The van der Waals surface area contributed by atoms with E-state index in [1.54, 1.807) is 12.1 Å². The molecule has 15 heavy (non-hydrogen) atoms. The van der Waals surface area contributed by atoms with Gasteiger partial charge in [-0.2, -0.15) is 0 Å². The summed E-state index contributed by atoms with van der Waals surface area (Å²) >= 11 is 3.33. The monoisotopic (exact) mass is 269 g/mol. The summed E-state index contributed by atoms with van der Waals surface area (Å²) < 4.78 is 6.07. The van der Waals surface area contributed by atoms with Crippen molar-refractivity contribution in [1.29, 1.82) is 0 Å². The van der Waals surface area contributed by atoms with Crippen LogP contribution in [0.5, 0.6) is 5.75 Å². The van der Waals surface area contributed by atoms with Crippen LogP contribution in [0, 0.1) is 0 Å². The Hall–Kier alpha value is -1.36. The average molecular weight is 270 g/mol. The highest BCUT2D eigenvalue weighted by atomic mass is 79.9. The van der Waals surface area contributed by atoms with Crippen LogP contribution in [0.4, 0.5) is 5.69 Å². The minimum atomic E-state index is -0.201. The van der Waals surface area contributed by atoms with E-state index in [1.165, 1.54) is 4.90 Å². The Morgan fingerprint density at radius 1 is 1.53 bits per heavy atom. The van der Waals surface area contributed by atoms with Gasteiger partial charge in [-0.3, -0.25) is 9.69 Å². The molecule has 0 atom stereocenters. The quantitative estimate of drug-likeness (QED) is 0.762. The smallest absolute Gasteiger partial charge is 0.265 e. The maximum Gasteiger partial charge on any atom is 0.265 e. The highest BCUT2D eigenvalue weighted by Crippen LogP contribution is 2.37. The highest BCUT2D eigenvalue weighted by molar-refractivity contribution is 9.10. The molecular formula is C10H8BrNO3. The van der Waals surface area contributed by atoms with Crippen molar-refractivity contribution in [3.63, 3.8) is 0 Å². The SMILES string of the molecule is O=CCN1C(=O)COc2c(Br)cccc21. The van der Waals surface area contributed by atoms with E-state index in [4.69, 9.17) is 4.74 Å². The fourth-order valence-corrected chi connectivity index (χ4v) is 1.94. The van der Waals surface area contributed by atoms with E-state index in [1.807, 2.05) is 6.07 Å². The van der Waals surface area contributed by atoms with Gasteiger partial charge in [0.1, 0.15) is 6.29 Å². The zero-order valence-electron chi connectivity index (χ0n) is 7.77. The lowest BCUT2D eigenvalue weighted by Crippen LogP contribution is -2.39. The van der Waals surface area contributed by atoms with Crippen molar-refractivity contribution in [2.45, 2.75) is 0 Å². The maximum absolute atomic E-state index is 11.5. The van der Waals surface area contributed by atoms with Crippen LogP contribution in [0.1, 0.15) is 0 Å². The lowest BCUT2D eigenvalue weighted by atomic mass is 10.2. The molecule has 0 spiro atoms. The maximum atomic E-state index is 11.5. The molecule has 0 saturated carbocycles. The van der Waals surface area contributed by atoms with E-state index in [0.717, 1.165) is 4.47 Å². The number of carbonyl (C=O) groups is 2. The number of aldehydes is 1. The lowest BCUT2D eigenvalue weighted by molar-refractivity contribution is -0.122. The number of ether oxygens (including phenoxy) is 1. The lowest BCUT2D eigenvalue weighted by Gasteiger charge is -2.28. The van der Waals surface area contributed by atoms with Gasteiger partial charge in [0, 0.05) is 0 Å². The van der Waals surface area contributed by atoms with Gasteiger partial charge in [-0.25, -0.2) is 0 Å². The molecule has 0 radical (unpaired) electrons. The molecule has 1 aromatic carbocycles. The Balaban J connectivity index is 2.47. The molecule has 0 unspecified atom stereocenters. The van der Waals surface area contributed by atoms with Crippen molar-refractivity contribution in [1.82, 2.24) is 0 Å². The Kier molecular flexibility index (Phi) is 2.73.